The van der Waals surface area contributed by atoms with Crippen LogP contribution in [0.1, 0.15) is 23.6 Å². The minimum atomic E-state index is -0.355. The topological polar surface area (TPSA) is 47.5 Å². The Balaban J connectivity index is 1.50. The lowest BCUT2D eigenvalue weighted by atomic mass is 10.0. The number of anilines is 2. The van der Waals surface area contributed by atoms with E-state index < -0.39 is 0 Å². The summed E-state index contributed by atoms with van der Waals surface area (Å²) in [6, 6.07) is 5.30. The van der Waals surface area contributed by atoms with Gasteiger partial charge in [0.05, 0.1) is 5.02 Å². The minimum absolute atomic E-state index is 0.125. The van der Waals surface area contributed by atoms with Crippen LogP contribution in [0.15, 0.2) is 24.5 Å². The second kappa shape index (κ2) is 8.81. The lowest BCUT2D eigenvalue weighted by Gasteiger charge is -2.41. The molecule has 1 unspecified atom stereocenters. The van der Waals surface area contributed by atoms with Crippen LogP contribution in [0, 0.1) is 5.82 Å². The van der Waals surface area contributed by atoms with Crippen molar-refractivity contribution in [1.29, 1.82) is 0 Å². The molecule has 1 atom stereocenters. The molecule has 1 fully saturated rings. The molecule has 156 valence electrons. The van der Waals surface area contributed by atoms with E-state index in [0.29, 0.717) is 0 Å². The van der Waals surface area contributed by atoms with E-state index in [1.165, 1.54) is 5.56 Å². The average molecular weight is 419 g/mol. The SMILES string of the molecule is CN(C)CC(c1ccc(Cl)c(F)c1)N1CCN(c2ncnc3c2CCCN3)CC1. The van der Waals surface area contributed by atoms with Crippen LogP contribution in [0.2, 0.25) is 5.02 Å². The third-order valence-corrected chi connectivity index (χ3v) is 6.05. The molecule has 0 spiro atoms. The number of nitrogens with zero attached hydrogens (tertiary/aromatic N) is 5. The molecule has 29 heavy (non-hydrogen) atoms. The molecule has 1 aromatic carbocycles. The average Bonchev–Trinajstić information content (AvgIpc) is 2.74. The molecule has 0 saturated carbocycles. The first-order valence-electron chi connectivity index (χ1n) is 10.2. The molecule has 3 heterocycles. The summed E-state index contributed by atoms with van der Waals surface area (Å²) in [7, 11) is 4.10. The van der Waals surface area contributed by atoms with Gasteiger partial charge in [0.1, 0.15) is 23.8 Å². The smallest absolute Gasteiger partial charge is 0.142 e. The van der Waals surface area contributed by atoms with Crippen molar-refractivity contribution in [2.75, 3.05) is 63.6 Å². The van der Waals surface area contributed by atoms with Crippen LogP contribution < -0.4 is 10.2 Å². The summed E-state index contributed by atoms with van der Waals surface area (Å²) in [5, 5.41) is 3.55. The summed E-state index contributed by atoms with van der Waals surface area (Å²) in [4.78, 5) is 15.9. The first-order chi connectivity index (χ1) is 14.0. The Bertz CT molecular complexity index is 853. The number of rotatable bonds is 5. The summed E-state index contributed by atoms with van der Waals surface area (Å²) in [5.74, 6) is 1.68. The molecule has 1 aromatic heterocycles. The van der Waals surface area contributed by atoms with Crippen LogP contribution in [0.25, 0.3) is 0 Å². The van der Waals surface area contributed by atoms with Gasteiger partial charge in [-0.2, -0.15) is 0 Å². The van der Waals surface area contributed by atoms with Crippen LogP contribution in [-0.2, 0) is 6.42 Å². The Morgan fingerprint density at radius 2 is 2.00 bits per heavy atom. The molecule has 1 saturated heterocycles. The molecule has 4 rings (SSSR count). The molecular formula is C21H28ClFN6. The van der Waals surface area contributed by atoms with Gasteiger partial charge < -0.3 is 15.1 Å². The lowest BCUT2D eigenvalue weighted by molar-refractivity contribution is 0.153. The standard InChI is InChI=1S/C21H28ClFN6/c1-27(2)13-19(15-5-6-17(22)18(23)12-15)28-8-10-29(11-9-28)21-16-4-3-7-24-20(16)25-14-26-21/h5-6,12,14,19H,3-4,7-11,13H2,1-2H3,(H,24,25,26). The molecule has 0 aliphatic carbocycles. The van der Waals surface area contributed by atoms with Crippen LogP contribution >= 0.6 is 11.6 Å². The normalized spacial score (nSPS) is 18.4. The first-order valence-corrected chi connectivity index (χ1v) is 10.6. The minimum Gasteiger partial charge on any atom is -0.370 e. The zero-order chi connectivity index (χ0) is 20.4. The summed E-state index contributed by atoms with van der Waals surface area (Å²) in [6.45, 7) is 5.38. The Labute approximate surface area is 176 Å². The second-order valence-electron chi connectivity index (χ2n) is 8.03. The van der Waals surface area contributed by atoms with Gasteiger partial charge in [-0.05, 0) is 44.6 Å². The van der Waals surface area contributed by atoms with Crippen LogP contribution in [0.3, 0.4) is 0 Å². The number of likely N-dealkylation sites (N-methyl/N-ethyl adjacent to an activating group) is 1. The van der Waals surface area contributed by atoms with Crippen molar-refractivity contribution in [2.45, 2.75) is 18.9 Å². The van der Waals surface area contributed by atoms with E-state index in [-0.39, 0.29) is 16.9 Å². The Hall–Kier alpha value is -1.96. The predicted molar refractivity (Wildman–Crippen MR) is 115 cm³/mol. The number of halogens is 2. The van der Waals surface area contributed by atoms with Gasteiger partial charge in [-0.25, -0.2) is 14.4 Å². The molecule has 2 aliphatic rings. The van der Waals surface area contributed by atoms with Crippen molar-refractivity contribution >= 4 is 23.2 Å². The number of aromatic nitrogens is 2. The van der Waals surface area contributed by atoms with E-state index >= 15 is 0 Å². The van der Waals surface area contributed by atoms with E-state index in [1.54, 1.807) is 18.5 Å². The fraction of sp³-hybridized carbons (Fsp3) is 0.524. The van der Waals surface area contributed by atoms with Gasteiger partial charge >= 0.3 is 0 Å². The van der Waals surface area contributed by atoms with Gasteiger partial charge in [0.15, 0.2) is 0 Å². The fourth-order valence-corrected chi connectivity index (χ4v) is 4.39. The van der Waals surface area contributed by atoms with Crippen molar-refractivity contribution in [3.63, 3.8) is 0 Å². The number of nitrogens with one attached hydrogen (secondary N) is 1. The summed E-state index contributed by atoms with van der Waals surface area (Å²) < 4.78 is 14.1. The third kappa shape index (κ3) is 4.47. The van der Waals surface area contributed by atoms with Gasteiger partial charge in [-0.1, -0.05) is 17.7 Å². The Morgan fingerprint density at radius 1 is 1.21 bits per heavy atom. The number of hydrogen-bond acceptors (Lipinski definition) is 6. The first kappa shape index (κ1) is 20.3. The van der Waals surface area contributed by atoms with Crippen molar-refractivity contribution in [3.05, 3.63) is 46.5 Å². The van der Waals surface area contributed by atoms with Gasteiger partial charge in [0.25, 0.3) is 0 Å². The highest BCUT2D eigenvalue weighted by Crippen LogP contribution is 2.30. The third-order valence-electron chi connectivity index (χ3n) is 5.74. The van der Waals surface area contributed by atoms with Crippen molar-refractivity contribution < 1.29 is 4.39 Å². The molecular weight excluding hydrogens is 391 g/mol. The number of fused-ring (bicyclic) bond motifs is 1. The maximum Gasteiger partial charge on any atom is 0.142 e. The van der Waals surface area contributed by atoms with E-state index in [4.69, 9.17) is 11.6 Å². The highest BCUT2D eigenvalue weighted by atomic mass is 35.5. The zero-order valence-corrected chi connectivity index (χ0v) is 17.8. The molecule has 0 bridgehead atoms. The molecule has 1 N–H and O–H groups in total. The fourth-order valence-electron chi connectivity index (χ4n) is 4.27. The number of benzene rings is 1. The molecule has 2 aliphatic heterocycles. The summed E-state index contributed by atoms with van der Waals surface area (Å²) in [5.41, 5.74) is 2.20. The van der Waals surface area contributed by atoms with E-state index in [0.717, 1.165) is 69.3 Å². The van der Waals surface area contributed by atoms with Gasteiger partial charge in [0, 0.05) is 50.9 Å². The van der Waals surface area contributed by atoms with E-state index in [9.17, 15) is 4.39 Å². The quantitative estimate of drug-likeness (QED) is 0.805. The van der Waals surface area contributed by atoms with Gasteiger partial charge in [-0.3, -0.25) is 4.90 Å². The molecule has 0 radical (unpaired) electrons. The van der Waals surface area contributed by atoms with E-state index in [2.05, 4.69) is 44.1 Å². The molecule has 2 aromatic rings. The largest absolute Gasteiger partial charge is 0.370 e. The van der Waals surface area contributed by atoms with Crippen LogP contribution in [0.4, 0.5) is 16.0 Å². The number of hydrogen-bond donors (Lipinski definition) is 1. The number of piperazine rings is 1. The molecule has 6 nitrogen and oxygen atoms in total. The van der Waals surface area contributed by atoms with Gasteiger partial charge in [-0.15, -0.1) is 0 Å². The highest BCUT2D eigenvalue weighted by molar-refractivity contribution is 6.30. The maximum absolute atomic E-state index is 14.1. The second-order valence-corrected chi connectivity index (χ2v) is 8.44. The van der Waals surface area contributed by atoms with Gasteiger partial charge in [0.2, 0.25) is 0 Å². The van der Waals surface area contributed by atoms with Crippen molar-refractivity contribution in [2.24, 2.45) is 0 Å². The van der Waals surface area contributed by atoms with Crippen LogP contribution in [-0.4, -0.2) is 73.1 Å². The molecule has 8 heteroatoms. The summed E-state index contributed by atoms with van der Waals surface area (Å²) in [6.07, 6.45) is 3.79. The van der Waals surface area contributed by atoms with Crippen molar-refractivity contribution in [3.8, 4) is 0 Å². The maximum atomic E-state index is 14.1. The molecule has 0 amide bonds. The highest BCUT2D eigenvalue weighted by Gasteiger charge is 2.28. The Kier molecular flexibility index (Phi) is 6.18. The predicted octanol–water partition coefficient (Wildman–Crippen LogP) is 3.05. The van der Waals surface area contributed by atoms with E-state index in [1.807, 2.05) is 6.07 Å². The van der Waals surface area contributed by atoms with Crippen molar-refractivity contribution in [1.82, 2.24) is 19.8 Å². The van der Waals surface area contributed by atoms with Crippen LogP contribution in [0.5, 0.6) is 0 Å². The lowest BCUT2D eigenvalue weighted by Crippen LogP contribution is -2.50. The zero-order valence-electron chi connectivity index (χ0n) is 17.0. The summed E-state index contributed by atoms with van der Waals surface area (Å²) >= 11 is 5.90. The monoisotopic (exact) mass is 418 g/mol. The Morgan fingerprint density at radius 3 is 2.72 bits per heavy atom.